The van der Waals surface area contributed by atoms with Gasteiger partial charge in [0.25, 0.3) is 0 Å². The van der Waals surface area contributed by atoms with E-state index in [1.165, 1.54) is 16.8 Å². The van der Waals surface area contributed by atoms with Crippen molar-refractivity contribution in [3.63, 3.8) is 0 Å². The summed E-state index contributed by atoms with van der Waals surface area (Å²) < 4.78 is 0. The molecule has 2 N–H and O–H groups in total. The Morgan fingerprint density at radius 2 is 2.19 bits per heavy atom. The number of nitriles is 1. The van der Waals surface area contributed by atoms with Gasteiger partial charge in [-0.25, -0.2) is 5.84 Å². The van der Waals surface area contributed by atoms with E-state index in [1.54, 1.807) is 25.4 Å². The summed E-state index contributed by atoms with van der Waals surface area (Å²) in [7, 11) is 1.73. The molecule has 0 saturated heterocycles. The van der Waals surface area contributed by atoms with Gasteiger partial charge < -0.3 is 5.01 Å². The second-order valence-electron chi connectivity index (χ2n) is 3.00. The van der Waals surface area contributed by atoms with Gasteiger partial charge in [0.1, 0.15) is 5.03 Å². The van der Waals surface area contributed by atoms with Crippen molar-refractivity contribution in [1.29, 1.82) is 5.26 Å². The van der Waals surface area contributed by atoms with Crippen molar-refractivity contribution in [1.82, 2.24) is 5.01 Å². The molecular weight excluding hydrogens is 220 g/mol. The van der Waals surface area contributed by atoms with Crippen molar-refractivity contribution in [2.45, 2.75) is 4.90 Å². The average molecular weight is 232 g/mol. The highest BCUT2D eigenvalue weighted by molar-refractivity contribution is 8.03. The molecule has 0 aromatic heterocycles. The van der Waals surface area contributed by atoms with Crippen molar-refractivity contribution in [2.75, 3.05) is 7.05 Å². The molecule has 0 aliphatic carbocycles. The molecule has 0 fully saturated rings. The van der Waals surface area contributed by atoms with E-state index in [4.69, 9.17) is 11.1 Å². The predicted molar refractivity (Wildman–Crippen MR) is 66.6 cm³/mol. The Labute approximate surface area is 99.0 Å². The Morgan fingerprint density at radius 3 is 2.62 bits per heavy atom. The number of hydrogen-bond donors (Lipinski definition) is 1. The summed E-state index contributed by atoms with van der Waals surface area (Å²) in [6.45, 7) is 3.39. The highest BCUT2D eigenvalue weighted by Crippen LogP contribution is 2.27. The van der Waals surface area contributed by atoms with Crippen LogP contribution < -0.4 is 5.84 Å². The molecule has 0 atom stereocenters. The number of rotatable bonds is 4. The topological polar surface area (TPSA) is 65.4 Å². The molecule has 0 radical (unpaired) electrons. The molecule has 0 saturated carbocycles. The fourth-order valence-electron chi connectivity index (χ4n) is 0.986. The minimum absolute atomic E-state index is 0.637. The number of hydrogen-bond acceptors (Lipinski definition) is 5. The first kappa shape index (κ1) is 12.3. The van der Waals surface area contributed by atoms with Gasteiger partial charge in [-0.15, -0.1) is 0 Å². The van der Waals surface area contributed by atoms with Gasteiger partial charge in [-0.1, -0.05) is 11.8 Å². The molecule has 0 unspecified atom stereocenters. The molecule has 1 rings (SSSR count). The lowest BCUT2D eigenvalue weighted by Crippen LogP contribution is -2.23. The summed E-state index contributed by atoms with van der Waals surface area (Å²) in [5.41, 5.74) is 0.637. The van der Waals surface area contributed by atoms with Crippen LogP contribution >= 0.6 is 11.8 Å². The van der Waals surface area contributed by atoms with Crippen LogP contribution in [0, 0.1) is 11.3 Å². The van der Waals surface area contributed by atoms with E-state index >= 15 is 0 Å². The highest BCUT2D eigenvalue weighted by atomic mass is 32.2. The van der Waals surface area contributed by atoms with Gasteiger partial charge in [-0.05, 0) is 31.0 Å². The van der Waals surface area contributed by atoms with Crippen molar-refractivity contribution in [2.24, 2.45) is 10.8 Å². The second-order valence-corrected chi connectivity index (χ2v) is 4.09. The first-order valence-electron chi connectivity index (χ1n) is 4.50. The van der Waals surface area contributed by atoms with Gasteiger partial charge in [0.2, 0.25) is 0 Å². The summed E-state index contributed by atoms with van der Waals surface area (Å²) in [4.78, 5) is 4.67. The van der Waals surface area contributed by atoms with Crippen LogP contribution in [0.2, 0.25) is 0 Å². The molecule has 0 bridgehead atoms. The quantitative estimate of drug-likeness (QED) is 0.373. The van der Waals surface area contributed by atoms with Gasteiger partial charge in [-0.3, -0.25) is 4.99 Å². The molecular formula is C11H12N4S. The molecule has 0 heterocycles. The Bertz CT molecular complexity index is 428. The fourth-order valence-corrected chi connectivity index (χ4v) is 1.77. The van der Waals surface area contributed by atoms with Crippen molar-refractivity contribution in [3.8, 4) is 6.07 Å². The van der Waals surface area contributed by atoms with Gasteiger partial charge in [0.05, 0.1) is 17.8 Å². The van der Waals surface area contributed by atoms with Crippen LogP contribution in [0.25, 0.3) is 0 Å². The van der Waals surface area contributed by atoms with Crippen molar-refractivity contribution in [3.05, 3.63) is 41.1 Å². The lowest BCUT2D eigenvalue weighted by molar-refractivity contribution is 0.471. The van der Waals surface area contributed by atoms with E-state index in [-0.39, 0.29) is 0 Å². The van der Waals surface area contributed by atoms with Crippen LogP contribution in [-0.2, 0) is 0 Å². The second kappa shape index (κ2) is 5.95. The third-order valence-corrected chi connectivity index (χ3v) is 2.87. The Morgan fingerprint density at radius 1 is 1.56 bits per heavy atom. The summed E-state index contributed by atoms with van der Waals surface area (Å²) in [5.74, 6) is 5.63. The van der Waals surface area contributed by atoms with Crippen LogP contribution in [-0.4, -0.2) is 18.8 Å². The fraction of sp³-hybridized carbons (Fsp3) is 0.0909. The van der Waals surface area contributed by atoms with Crippen LogP contribution in [0.5, 0.6) is 0 Å². The SMILES string of the molecule is C=N/C=C(/Sc1ccc(C#N)cc1)N(C)N. The maximum atomic E-state index is 8.66. The van der Waals surface area contributed by atoms with Crippen molar-refractivity contribution >= 4 is 18.5 Å². The standard InChI is InChI=1S/C11H12N4S/c1-14-8-11(15(2)13)16-10-5-3-9(7-12)4-6-10/h3-6,8H,1,13H2,2H3/b11-8+. The van der Waals surface area contributed by atoms with E-state index in [9.17, 15) is 0 Å². The van der Waals surface area contributed by atoms with Crippen LogP contribution in [0.3, 0.4) is 0 Å². The zero-order valence-corrected chi connectivity index (χ0v) is 9.74. The van der Waals surface area contributed by atoms with Crippen LogP contribution in [0.1, 0.15) is 5.56 Å². The van der Waals surface area contributed by atoms with E-state index < -0.39 is 0 Å². The summed E-state index contributed by atoms with van der Waals surface area (Å²) in [6, 6.07) is 9.32. The lowest BCUT2D eigenvalue weighted by Gasteiger charge is -2.14. The smallest absolute Gasteiger partial charge is 0.108 e. The number of nitrogens with zero attached hydrogens (tertiary/aromatic N) is 3. The van der Waals surface area contributed by atoms with Gasteiger partial charge in [0.15, 0.2) is 0 Å². The maximum absolute atomic E-state index is 8.66. The monoisotopic (exact) mass is 232 g/mol. The third kappa shape index (κ3) is 3.42. The van der Waals surface area contributed by atoms with Gasteiger partial charge in [-0.2, -0.15) is 5.26 Å². The summed E-state index contributed by atoms with van der Waals surface area (Å²) in [5, 5.41) is 10.9. The first-order chi connectivity index (χ1) is 7.67. The normalized spacial score (nSPS) is 10.7. The molecule has 0 aliphatic heterocycles. The summed E-state index contributed by atoms with van der Waals surface area (Å²) in [6.07, 6.45) is 1.59. The minimum Gasteiger partial charge on any atom is -0.306 e. The molecule has 0 spiro atoms. The maximum Gasteiger partial charge on any atom is 0.108 e. The molecule has 16 heavy (non-hydrogen) atoms. The number of thioether (sulfide) groups is 1. The van der Waals surface area contributed by atoms with Gasteiger partial charge >= 0.3 is 0 Å². The molecule has 4 nitrogen and oxygen atoms in total. The van der Waals surface area contributed by atoms with E-state index in [0.29, 0.717) is 5.56 Å². The van der Waals surface area contributed by atoms with Gasteiger partial charge in [0, 0.05) is 11.9 Å². The van der Waals surface area contributed by atoms with Crippen LogP contribution in [0.4, 0.5) is 0 Å². The summed E-state index contributed by atoms with van der Waals surface area (Å²) >= 11 is 1.46. The Kier molecular flexibility index (Phi) is 4.58. The largest absolute Gasteiger partial charge is 0.306 e. The molecule has 0 aliphatic rings. The number of nitrogens with two attached hydrogens (primary N) is 1. The highest BCUT2D eigenvalue weighted by Gasteiger charge is 2.03. The molecule has 1 aromatic carbocycles. The van der Waals surface area contributed by atoms with E-state index in [0.717, 1.165) is 9.92 Å². The lowest BCUT2D eigenvalue weighted by atomic mass is 10.2. The minimum atomic E-state index is 0.637. The number of hydrazine groups is 1. The van der Waals surface area contributed by atoms with E-state index in [2.05, 4.69) is 17.8 Å². The van der Waals surface area contributed by atoms with Crippen LogP contribution in [0.15, 0.2) is 45.4 Å². The molecule has 0 amide bonds. The number of aliphatic imine (C=N–C) groups is 1. The molecule has 82 valence electrons. The zero-order chi connectivity index (χ0) is 12.0. The first-order valence-corrected chi connectivity index (χ1v) is 5.31. The third-order valence-electron chi connectivity index (χ3n) is 1.76. The molecule has 5 heteroatoms. The molecule has 1 aromatic rings. The number of benzene rings is 1. The van der Waals surface area contributed by atoms with E-state index in [1.807, 2.05) is 12.1 Å². The Hall–Kier alpha value is -1.77. The average Bonchev–Trinajstić information content (AvgIpc) is 2.29. The predicted octanol–water partition coefficient (Wildman–Crippen LogP) is 1.96. The van der Waals surface area contributed by atoms with Crippen molar-refractivity contribution < 1.29 is 0 Å². The zero-order valence-electron chi connectivity index (χ0n) is 8.92. The Balaban J connectivity index is 2.83.